The highest BCUT2D eigenvalue weighted by Gasteiger charge is 2.34. The lowest BCUT2D eigenvalue weighted by Crippen LogP contribution is -2.26. The lowest BCUT2D eigenvalue weighted by atomic mass is 9.92. The summed E-state index contributed by atoms with van der Waals surface area (Å²) >= 11 is 0. The fourth-order valence-electron chi connectivity index (χ4n) is 2.09. The molecule has 4 atom stereocenters. The molecule has 2 nitrogen and oxygen atoms in total. The van der Waals surface area contributed by atoms with Crippen LogP contribution in [0, 0.1) is 11.8 Å². The topological polar surface area (TPSA) is 52.0 Å². The molecule has 10 heavy (non-hydrogen) atoms. The van der Waals surface area contributed by atoms with E-state index >= 15 is 0 Å². The second-order valence-electron chi connectivity index (χ2n) is 3.49. The van der Waals surface area contributed by atoms with Crippen LogP contribution in [0.2, 0.25) is 0 Å². The lowest BCUT2D eigenvalue weighted by molar-refractivity contribution is 0.359. The Labute approximate surface area is 63.0 Å². The average Bonchev–Trinajstić information content (AvgIpc) is 2.09. The first kappa shape index (κ1) is 8.02. The Hall–Kier alpha value is -0.0800. The molecular formula is C8H18N2. The summed E-state index contributed by atoms with van der Waals surface area (Å²) in [6.07, 6.45) is 2.19. The van der Waals surface area contributed by atoms with E-state index in [1.165, 1.54) is 6.42 Å². The van der Waals surface area contributed by atoms with E-state index in [0.29, 0.717) is 23.9 Å². The van der Waals surface area contributed by atoms with E-state index in [-0.39, 0.29) is 0 Å². The van der Waals surface area contributed by atoms with Crippen molar-refractivity contribution in [2.24, 2.45) is 23.3 Å². The van der Waals surface area contributed by atoms with Crippen LogP contribution in [-0.4, -0.2) is 12.1 Å². The highest BCUT2D eigenvalue weighted by atomic mass is 14.8. The van der Waals surface area contributed by atoms with Crippen LogP contribution in [-0.2, 0) is 0 Å². The minimum Gasteiger partial charge on any atom is -0.327 e. The monoisotopic (exact) mass is 142 g/mol. The highest BCUT2D eigenvalue weighted by molar-refractivity contribution is 4.92. The van der Waals surface area contributed by atoms with E-state index in [4.69, 9.17) is 11.5 Å². The smallest absolute Gasteiger partial charge is 0.00850 e. The molecule has 0 bridgehead atoms. The van der Waals surface area contributed by atoms with Crippen LogP contribution in [0.25, 0.3) is 0 Å². The minimum absolute atomic E-state index is 0.347. The summed E-state index contributed by atoms with van der Waals surface area (Å²) < 4.78 is 0. The molecule has 4 unspecified atom stereocenters. The first-order valence-electron chi connectivity index (χ1n) is 4.18. The highest BCUT2D eigenvalue weighted by Crippen LogP contribution is 2.31. The van der Waals surface area contributed by atoms with Gasteiger partial charge in [0.2, 0.25) is 0 Å². The zero-order valence-corrected chi connectivity index (χ0v) is 6.88. The quantitative estimate of drug-likeness (QED) is 0.566. The van der Waals surface area contributed by atoms with Crippen molar-refractivity contribution >= 4 is 0 Å². The maximum atomic E-state index is 5.89. The van der Waals surface area contributed by atoms with Gasteiger partial charge in [-0.3, -0.25) is 0 Å². The SMILES string of the molecule is CCC1C(N)CC(N)C1C. The molecule has 1 rings (SSSR count). The molecule has 0 aromatic rings. The Kier molecular flexibility index (Phi) is 2.32. The molecule has 1 fully saturated rings. The van der Waals surface area contributed by atoms with Crippen LogP contribution < -0.4 is 11.5 Å². The Bertz CT molecular complexity index is 114. The van der Waals surface area contributed by atoms with Crippen LogP contribution in [0.3, 0.4) is 0 Å². The van der Waals surface area contributed by atoms with Gasteiger partial charge in [-0.2, -0.15) is 0 Å². The lowest BCUT2D eigenvalue weighted by Gasteiger charge is -2.17. The van der Waals surface area contributed by atoms with Gasteiger partial charge in [0.05, 0.1) is 0 Å². The molecule has 4 N–H and O–H groups in total. The Balaban J connectivity index is 2.55. The Morgan fingerprint density at radius 3 is 2.10 bits per heavy atom. The molecule has 1 aliphatic carbocycles. The van der Waals surface area contributed by atoms with Crippen molar-refractivity contribution in [3.63, 3.8) is 0 Å². The van der Waals surface area contributed by atoms with Crippen LogP contribution in [0.1, 0.15) is 26.7 Å². The largest absolute Gasteiger partial charge is 0.327 e. The molecule has 60 valence electrons. The van der Waals surface area contributed by atoms with E-state index in [0.717, 1.165) is 6.42 Å². The summed E-state index contributed by atoms with van der Waals surface area (Å²) in [4.78, 5) is 0. The summed E-state index contributed by atoms with van der Waals surface area (Å²) in [5, 5.41) is 0. The summed E-state index contributed by atoms with van der Waals surface area (Å²) in [5.41, 5.74) is 11.7. The summed E-state index contributed by atoms with van der Waals surface area (Å²) in [6.45, 7) is 4.41. The van der Waals surface area contributed by atoms with Crippen molar-refractivity contribution in [1.82, 2.24) is 0 Å². The molecule has 0 spiro atoms. The third-order valence-electron chi connectivity index (χ3n) is 2.92. The fourth-order valence-corrected chi connectivity index (χ4v) is 2.09. The summed E-state index contributed by atoms with van der Waals surface area (Å²) in [6, 6.07) is 0.704. The van der Waals surface area contributed by atoms with Crippen LogP contribution >= 0.6 is 0 Å². The third-order valence-corrected chi connectivity index (χ3v) is 2.92. The van der Waals surface area contributed by atoms with Gasteiger partial charge in [0, 0.05) is 12.1 Å². The Morgan fingerprint density at radius 2 is 1.90 bits per heavy atom. The number of nitrogens with two attached hydrogens (primary N) is 2. The van der Waals surface area contributed by atoms with Gasteiger partial charge in [0.25, 0.3) is 0 Å². The van der Waals surface area contributed by atoms with Gasteiger partial charge < -0.3 is 11.5 Å². The normalized spacial score (nSPS) is 48.0. The summed E-state index contributed by atoms with van der Waals surface area (Å²) in [5.74, 6) is 1.29. The number of rotatable bonds is 1. The zero-order chi connectivity index (χ0) is 7.72. The number of hydrogen-bond donors (Lipinski definition) is 2. The summed E-state index contributed by atoms with van der Waals surface area (Å²) in [7, 11) is 0. The average molecular weight is 142 g/mol. The van der Waals surface area contributed by atoms with Crippen LogP contribution in [0.15, 0.2) is 0 Å². The molecule has 1 aliphatic rings. The van der Waals surface area contributed by atoms with E-state index in [1.807, 2.05) is 0 Å². The van der Waals surface area contributed by atoms with Gasteiger partial charge in [0.1, 0.15) is 0 Å². The molecule has 0 aromatic heterocycles. The van der Waals surface area contributed by atoms with E-state index in [2.05, 4.69) is 13.8 Å². The van der Waals surface area contributed by atoms with Gasteiger partial charge in [-0.25, -0.2) is 0 Å². The van der Waals surface area contributed by atoms with Gasteiger partial charge in [-0.15, -0.1) is 0 Å². The van der Waals surface area contributed by atoms with E-state index < -0.39 is 0 Å². The maximum absolute atomic E-state index is 5.89. The third kappa shape index (κ3) is 1.18. The molecule has 0 radical (unpaired) electrons. The molecule has 0 aliphatic heterocycles. The molecule has 0 saturated heterocycles. The van der Waals surface area contributed by atoms with Crippen molar-refractivity contribution in [3.8, 4) is 0 Å². The predicted molar refractivity (Wildman–Crippen MR) is 43.5 cm³/mol. The van der Waals surface area contributed by atoms with Crippen LogP contribution in [0.5, 0.6) is 0 Å². The van der Waals surface area contributed by atoms with Gasteiger partial charge in [-0.05, 0) is 18.3 Å². The molecule has 1 saturated carbocycles. The van der Waals surface area contributed by atoms with Crippen molar-refractivity contribution < 1.29 is 0 Å². The van der Waals surface area contributed by atoms with Gasteiger partial charge in [-0.1, -0.05) is 20.3 Å². The molecule has 0 aromatic carbocycles. The second kappa shape index (κ2) is 2.89. The van der Waals surface area contributed by atoms with Crippen molar-refractivity contribution in [2.75, 3.05) is 0 Å². The zero-order valence-electron chi connectivity index (χ0n) is 6.88. The first-order chi connectivity index (χ1) is 4.66. The molecular weight excluding hydrogens is 124 g/mol. The van der Waals surface area contributed by atoms with Crippen molar-refractivity contribution in [3.05, 3.63) is 0 Å². The maximum Gasteiger partial charge on any atom is 0.00850 e. The van der Waals surface area contributed by atoms with Gasteiger partial charge >= 0.3 is 0 Å². The van der Waals surface area contributed by atoms with Crippen molar-refractivity contribution in [1.29, 1.82) is 0 Å². The van der Waals surface area contributed by atoms with E-state index in [9.17, 15) is 0 Å². The predicted octanol–water partition coefficient (Wildman–Crippen LogP) is 0.707. The fraction of sp³-hybridized carbons (Fsp3) is 1.00. The van der Waals surface area contributed by atoms with Crippen LogP contribution in [0.4, 0.5) is 0 Å². The number of hydrogen-bond acceptors (Lipinski definition) is 2. The molecule has 2 heteroatoms. The van der Waals surface area contributed by atoms with Crippen molar-refractivity contribution in [2.45, 2.75) is 38.8 Å². The van der Waals surface area contributed by atoms with Gasteiger partial charge in [0.15, 0.2) is 0 Å². The first-order valence-corrected chi connectivity index (χ1v) is 4.18. The Morgan fingerprint density at radius 1 is 1.30 bits per heavy atom. The molecule has 0 heterocycles. The molecule has 0 amide bonds. The minimum atomic E-state index is 0.347. The standard InChI is InChI=1S/C8H18N2/c1-3-6-5(2)7(9)4-8(6)10/h5-8H,3-4,9-10H2,1-2H3. The second-order valence-corrected chi connectivity index (χ2v) is 3.49. The van der Waals surface area contributed by atoms with E-state index in [1.54, 1.807) is 0 Å².